The molecular weight excluding hydrogens is 240 g/mol. The van der Waals surface area contributed by atoms with Gasteiger partial charge in [0.05, 0.1) is 5.52 Å². The van der Waals surface area contributed by atoms with Crippen LogP contribution in [0.2, 0.25) is 0 Å². The van der Waals surface area contributed by atoms with Crippen LogP contribution in [0, 0.1) is 5.92 Å². The number of carboxylic acid groups (broad SMARTS) is 1. The van der Waals surface area contributed by atoms with Crippen molar-refractivity contribution in [2.24, 2.45) is 5.92 Å². The van der Waals surface area contributed by atoms with Gasteiger partial charge in [0.15, 0.2) is 0 Å². The van der Waals surface area contributed by atoms with Crippen LogP contribution in [-0.2, 0) is 0 Å². The molecule has 4 heteroatoms. The van der Waals surface area contributed by atoms with Gasteiger partial charge in [-0.05, 0) is 30.9 Å². The van der Waals surface area contributed by atoms with Crippen molar-refractivity contribution in [1.29, 1.82) is 0 Å². The Balaban J connectivity index is 1.94. The Morgan fingerprint density at radius 1 is 1.37 bits per heavy atom. The quantitative estimate of drug-likeness (QED) is 0.882. The normalized spacial score (nSPS) is 15.2. The Labute approximate surface area is 111 Å². The maximum atomic E-state index is 11.3. The maximum absolute atomic E-state index is 11.3. The highest BCUT2D eigenvalue weighted by molar-refractivity contribution is 5.98. The summed E-state index contributed by atoms with van der Waals surface area (Å²) in [5.41, 5.74) is 1.07. The van der Waals surface area contributed by atoms with Crippen molar-refractivity contribution in [2.45, 2.75) is 19.3 Å². The molecule has 1 aromatic heterocycles. The van der Waals surface area contributed by atoms with Gasteiger partial charge in [-0.25, -0.2) is 9.78 Å². The third kappa shape index (κ3) is 2.38. The van der Waals surface area contributed by atoms with Gasteiger partial charge in [0.25, 0.3) is 0 Å². The molecule has 1 aromatic carbocycles. The number of benzene rings is 1. The number of nitrogens with zero attached hydrogens (tertiary/aromatic N) is 1. The van der Waals surface area contributed by atoms with E-state index < -0.39 is 5.97 Å². The first-order chi connectivity index (χ1) is 9.24. The van der Waals surface area contributed by atoms with Crippen molar-refractivity contribution in [3.05, 3.63) is 35.9 Å². The summed E-state index contributed by atoms with van der Waals surface area (Å²) >= 11 is 0. The molecule has 3 rings (SSSR count). The fraction of sp³-hybridized carbons (Fsp3) is 0.333. The molecule has 0 aliphatic heterocycles. The third-order valence-corrected chi connectivity index (χ3v) is 3.74. The highest BCUT2D eigenvalue weighted by atomic mass is 16.4. The zero-order valence-corrected chi connectivity index (χ0v) is 10.6. The van der Waals surface area contributed by atoms with Gasteiger partial charge in [0.1, 0.15) is 11.4 Å². The molecule has 0 amide bonds. The molecule has 2 N–H and O–H groups in total. The summed E-state index contributed by atoms with van der Waals surface area (Å²) in [5.74, 6) is 0.211. The molecule has 0 saturated heterocycles. The second kappa shape index (κ2) is 4.88. The first kappa shape index (κ1) is 12.0. The van der Waals surface area contributed by atoms with E-state index in [9.17, 15) is 9.90 Å². The maximum Gasteiger partial charge on any atom is 0.339 e. The monoisotopic (exact) mass is 256 g/mol. The number of aromatic nitrogens is 1. The van der Waals surface area contributed by atoms with Gasteiger partial charge in [-0.3, -0.25) is 0 Å². The lowest BCUT2D eigenvalue weighted by Crippen LogP contribution is -2.22. The first-order valence-electron chi connectivity index (χ1n) is 6.61. The van der Waals surface area contributed by atoms with E-state index in [-0.39, 0.29) is 5.56 Å². The minimum atomic E-state index is -0.936. The molecule has 1 aliphatic rings. The molecular formula is C15H16N2O2. The number of rotatable bonds is 4. The zero-order valence-electron chi connectivity index (χ0n) is 10.6. The molecule has 0 unspecified atom stereocenters. The van der Waals surface area contributed by atoms with Gasteiger partial charge in [-0.15, -0.1) is 0 Å². The molecule has 1 aliphatic carbocycles. The van der Waals surface area contributed by atoms with E-state index in [0.717, 1.165) is 17.4 Å². The Morgan fingerprint density at radius 2 is 2.16 bits per heavy atom. The standard InChI is InChI=1S/C15H16N2O2/c18-15(19)12-8-11-6-1-2-7-13(11)17-14(12)16-9-10-4-3-5-10/h1-2,6-8,10H,3-5,9H2,(H,16,17)(H,18,19). The molecule has 98 valence electrons. The van der Waals surface area contributed by atoms with E-state index in [1.165, 1.54) is 19.3 Å². The SMILES string of the molecule is O=C(O)c1cc2ccccc2nc1NCC1CCC1. The Bertz CT molecular complexity index is 621. The lowest BCUT2D eigenvalue weighted by atomic mass is 9.85. The number of carboxylic acids is 1. The van der Waals surface area contributed by atoms with Crippen LogP contribution in [0.4, 0.5) is 5.82 Å². The average Bonchev–Trinajstić information content (AvgIpc) is 2.36. The lowest BCUT2D eigenvalue weighted by Gasteiger charge is -2.25. The van der Waals surface area contributed by atoms with E-state index in [1.807, 2.05) is 24.3 Å². The van der Waals surface area contributed by atoms with Crippen molar-refractivity contribution in [3.63, 3.8) is 0 Å². The third-order valence-electron chi connectivity index (χ3n) is 3.74. The second-order valence-electron chi connectivity index (χ2n) is 5.06. The summed E-state index contributed by atoms with van der Waals surface area (Å²) in [7, 11) is 0. The van der Waals surface area contributed by atoms with Gasteiger partial charge < -0.3 is 10.4 Å². The number of hydrogen-bond donors (Lipinski definition) is 2. The topological polar surface area (TPSA) is 62.2 Å². The van der Waals surface area contributed by atoms with Crippen LogP contribution in [0.1, 0.15) is 29.6 Å². The van der Waals surface area contributed by atoms with Crippen LogP contribution in [0.3, 0.4) is 0 Å². The molecule has 0 radical (unpaired) electrons. The predicted molar refractivity (Wildman–Crippen MR) is 74.5 cm³/mol. The molecule has 0 bridgehead atoms. The predicted octanol–water partition coefficient (Wildman–Crippen LogP) is 3.15. The van der Waals surface area contributed by atoms with Crippen molar-refractivity contribution in [2.75, 3.05) is 11.9 Å². The molecule has 4 nitrogen and oxygen atoms in total. The Hall–Kier alpha value is -2.10. The number of para-hydroxylation sites is 1. The van der Waals surface area contributed by atoms with Gasteiger partial charge in [0.2, 0.25) is 0 Å². The van der Waals surface area contributed by atoms with Crippen LogP contribution >= 0.6 is 0 Å². The molecule has 0 spiro atoms. The summed E-state index contributed by atoms with van der Waals surface area (Å²) in [4.78, 5) is 15.7. The Morgan fingerprint density at radius 3 is 2.84 bits per heavy atom. The van der Waals surface area contributed by atoms with Crippen LogP contribution < -0.4 is 5.32 Å². The first-order valence-corrected chi connectivity index (χ1v) is 6.61. The fourth-order valence-electron chi connectivity index (χ4n) is 2.35. The average molecular weight is 256 g/mol. The minimum absolute atomic E-state index is 0.248. The molecule has 1 heterocycles. The van der Waals surface area contributed by atoms with E-state index in [4.69, 9.17) is 0 Å². The summed E-state index contributed by atoms with van der Waals surface area (Å²) in [5, 5.41) is 13.3. The van der Waals surface area contributed by atoms with Crippen LogP contribution in [0.5, 0.6) is 0 Å². The van der Waals surface area contributed by atoms with E-state index in [0.29, 0.717) is 11.7 Å². The number of fused-ring (bicyclic) bond motifs is 1. The molecule has 1 fully saturated rings. The number of aromatic carboxylic acids is 1. The van der Waals surface area contributed by atoms with Gasteiger partial charge >= 0.3 is 5.97 Å². The van der Waals surface area contributed by atoms with Crippen molar-refractivity contribution < 1.29 is 9.90 Å². The van der Waals surface area contributed by atoms with Crippen molar-refractivity contribution in [3.8, 4) is 0 Å². The molecule has 2 aromatic rings. The van der Waals surface area contributed by atoms with Crippen molar-refractivity contribution >= 4 is 22.7 Å². The lowest BCUT2D eigenvalue weighted by molar-refractivity contribution is 0.0697. The number of carbonyl (C=O) groups is 1. The number of hydrogen-bond acceptors (Lipinski definition) is 3. The fourth-order valence-corrected chi connectivity index (χ4v) is 2.35. The number of anilines is 1. The Kier molecular flexibility index (Phi) is 3.07. The summed E-state index contributed by atoms with van der Waals surface area (Å²) in [6, 6.07) is 9.26. The largest absolute Gasteiger partial charge is 0.478 e. The zero-order chi connectivity index (χ0) is 13.2. The van der Waals surface area contributed by atoms with E-state index in [2.05, 4.69) is 10.3 Å². The van der Waals surface area contributed by atoms with E-state index >= 15 is 0 Å². The smallest absolute Gasteiger partial charge is 0.339 e. The summed E-state index contributed by atoms with van der Waals surface area (Å²) < 4.78 is 0. The van der Waals surface area contributed by atoms with Gasteiger partial charge in [-0.2, -0.15) is 0 Å². The van der Waals surface area contributed by atoms with E-state index in [1.54, 1.807) is 6.07 Å². The highest BCUT2D eigenvalue weighted by Crippen LogP contribution is 2.27. The van der Waals surface area contributed by atoms with Crippen LogP contribution in [0.15, 0.2) is 30.3 Å². The van der Waals surface area contributed by atoms with Crippen LogP contribution in [0.25, 0.3) is 10.9 Å². The molecule has 1 saturated carbocycles. The number of nitrogens with one attached hydrogen (secondary N) is 1. The number of pyridine rings is 1. The highest BCUT2D eigenvalue weighted by Gasteiger charge is 2.19. The molecule has 0 atom stereocenters. The summed E-state index contributed by atoms with van der Waals surface area (Å²) in [6.45, 7) is 0.811. The molecule has 19 heavy (non-hydrogen) atoms. The van der Waals surface area contributed by atoms with Crippen molar-refractivity contribution in [1.82, 2.24) is 4.98 Å². The van der Waals surface area contributed by atoms with Gasteiger partial charge in [-0.1, -0.05) is 24.6 Å². The summed E-state index contributed by atoms with van der Waals surface area (Å²) in [6.07, 6.45) is 3.73. The van der Waals surface area contributed by atoms with Gasteiger partial charge in [0, 0.05) is 11.9 Å². The minimum Gasteiger partial charge on any atom is -0.478 e. The second-order valence-corrected chi connectivity index (χ2v) is 5.06. The van der Waals surface area contributed by atoms with Crippen LogP contribution in [-0.4, -0.2) is 22.6 Å².